The fourth-order valence-corrected chi connectivity index (χ4v) is 4.79. The summed E-state index contributed by atoms with van der Waals surface area (Å²) in [7, 11) is 0. The second-order valence-corrected chi connectivity index (χ2v) is 8.31. The van der Waals surface area contributed by atoms with Crippen LogP contribution in [0.3, 0.4) is 0 Å². The molecule has 8 heteroatoms. The van der Waals surface area contributed by atoms with Crippen molar-refractivity contribution in [2.75, 3.05) is 42.8 Å². The summed E-state index contributed by atoms with van der Waals surface area (Å²) in [5.74, 6) is 2.18. The smallest absolute Gasteiger partial charge is 0.173 e. The van der Waals surface area contributed by atoms with Crippen molar-refractivity contribution in [3.63, 3.8) is 0 Å². The number of aromatic nitrogens is 3. The number of nitrogens with zero attached hydrogens (tertiary/aromatic N) is 5. The molecule has 7 nitrogen and oxygen atoms in total. The number of rotatable bonds is 2. The molecule has 3 aliphatic heterocycles. The van der Waals surface area contributed by atoms with Crippen molar-refractivity contribution in [3.8, 4) is 0 Å². The highest BCUT2D eigenvalue weighted by molar-refractivity contribution is 14.1. The highest BCUT2D eigenvalue weighted by atomic mass is 127. The number of morpholine rings is 2. The largest absolute Gasteiger partial charge is 0.377 e. The average molecular weight is 455 g/mol. The van der Waals surface area contributed by atoms with Crippen molar-refractivity contribution in [3.05, 3.63) is 15.8 Å². The Hall–Kier alpha value is -1.13. The van der Waals surface area contributed by atoms with Crippen molar-refractivity contribution in [1.29, 1.82) is 0 Å². The summed E-state index contributed by atoms with van der Waals surface area (Å²) in [6, 6.07) is 3.44. The second kappa shape index (κ2) is 6.24. The minimum atomic E-state index is 0.329. The average Bonchev–Trinajstić information content (AvgIpc) is 3.11. The van der Waals surface area contributed by atoms with Gasteiger partial charge >= 0.3 is 0 Å². The Morgan fingerprint density at radius 1 is 1.16 bits per heavy atom. The Bertz CT molecular complexity index is 781. The molecule has 2 unspecified atom stereocenters. The lowest BCUT2D eigenvalue weighted by molar-refractivity contribution is 0.0901. The molecule has 3 aliphatic rings. The molecular weight excluding hydrogens is 433 g/mol. The summed E-state index contributed by atoms with van der Waals surface area (Å²) in [5.41, 5.74) is 0.942. The van der Waals surface area contributed by atoms with Gasteiger partial charge in [0.1, 0.15) is 11.6 Å². The van der Waals surface area contributed by atoms with Gasteiger partial charge in [0.05, 0.1) is 54.3 Å². The van der Waals surface area contributed by atoms with Crippen molar-refractivity contribution in [2.45, 2.75) is 37.9 Å². The SMILES string of the molecule is C[C@@H]1COCCN1c1cc(N2C3CCC2COC3)nc2c(I)cnn12. The maximum absolute atomic E-state index is 5.75. The zero-order chi connectivity index (χ0) is 17.0. The van der Waals surface area contributed by atoms with Gasteiger partial charge in [-0.3, -0.25) is 0 Å². The Balaban J connectivity index is 1.64. The molecule has 0 spiro atoms. The van der Waals surface area contributed by atoms with Gasteiger partial charge < -0.3 is 19.3 Å². The molecule has 3 saturated heterocycles. The number of anilines is 2. The monoisotopic (exact) mass is 455 g/mol. The van der Waals surface area contributed by atoms with Gasteiger partial charge in [0, 0.05) is 12.6 Å². The van der Waals surface area contributed by atoms with Crippen LogP contribution in [0.5, 0.6) is 0 Å². The lowest BCUT2D eigenvalue weighted by atomic mass is 10.2. The molecule has 0 saturated carbocycles. The molecule has 5 rings (SSSR count). The summed E-state index contributed by atoms with van der Waals surface area (Å²) in [5, 5.41) is 4.59. The fourth-order valence-electron chi connectivity index (χ4n) is 4.31. The first-order valence-electron chi connectivity index (χ1n) is 8.97. The number of halogens is 1. The Kier molecular flexibility index (Phi) is 4.01. The van der Waals surface area contributed by atoms with E-state index in [2.05, 4.69) is 50.5 Å². The van der Waals surface area contributed by atoms with Crippen LogP contribution in [-0.4, -0.2) is 65.7 Å². The van der Waals surface area contributed by atoms with E-state index >= 15 is 0 Å². The van der Waals surface area contributed by atoms with E-state index < -0.39 is 0 Å². The van der Waals surface area contributed by atoms with E-state index in [1.807, 2.05) is 10.7 Å². The minimum absolute atomic E-state index is 0.329. The summed E-state index contributed by atoms with van der Waals surface area (Å²) in [4.78, 5) is 9.87. The Labute approximate surface area is 160 Å². The van der Waals surface area contributed by atoms with Crippen LogP contribution in [0.2, 0.25) is 0 Å². The highest BCUT2D eigenvalue weighted by Gasteiger charge is 2.39. The number of hydrogen-bond donors (Lipinski definition) is 0. The maximum Gasteiger partial charge on any atom is 0.173 e. The van der Waals surface area contributed by atoms with Crippen LogP contribution in [-0.2, 0) is 9.47 Å². The van der Waals surface area contributed by atoms with Gasteiger partial charge in [-0.2, -0.15) is 9.61 Å². The molecule has 2 aromatic heterocycles. The van der Waals surface area contributed by atoms with Crippen LogP contribution in [0.4, 0.5) is 11.6 Å². The van der Waals surface area contributed by atoms with Gasteiger partial charge in [-0.05, 0) is 42.4 Å². The van der Waals surface area contributed by atoms with Crippen LogP contribution < -0.4 is 9.80 Å². The molecule has 0 aromatic carbocycles. The molecule has 0 aliphatic carbocycles. The summed E-state index contributed by atoms with van der Waals surface area (Å²) >= 11 is 2.33. The van der Waals surface area contributed by atoms with Gasteiger partial charge in [0.2, 0.25) is 0 Å². The van der Waals surface area contributed by atoms with E-state index in [1.54, 1.807) is 0 Å². The first-order chi connectivity index (χ1) is 12.2. The van der Waals surface area contributed by atoms with Gasteiger partial charge in [-0.1, -0.05) is 0 Å². The predicted octanol–water partition coefficient (Wildman–Crippen LogP) is 1.93. The summed E-state index contributed by atoms with van der Waals surface area (Å²) in [6.45, 7) is 6.21. The van der Waals surface area contributed by atoms with Crippen molar-refractivity contribution >= 4 is 39.9 Å². The van der Waals surface area contributed by atoms with E-state index in [0.717, 1.165) is 53.8 Å². The topological polar surface area (TPSA) is 55.1 Å². The molecule has 0 N–H and O–H groups in total. The van der Waals surface area contributed by atoms with Crippen LogP contribution >= 0.6 is 22.6 Å². The molecule has 0 radical (unpaired) electrons. The Morgan fingerprint density at radius 3 is 2.72 bits per heavy atom. The lowest BCUT2D eigenvalue weighted by Crippen LogP contribution is -2.47. The predicted molar refractivity (Wildman–Crippen MR) is 103 cm³/mol. The molecule has 5 heterocycles. The van der Waals surface area contributed by atoms with Crippen molar-refractivity contribution in [2.24, 2.45) is 0 Å². The standard InChI is InChI=1S/C17H22IN5O2/c1-11-8-24-5-4-21(11)16-6-15(20-17-14(18)7-19-23(16)17)22-12-2-3-13(22)10-25-9-12/h6-7,11-13H,2-5,8-10H2,1H3/t11-,12?,13?/m1/s1. The van der Waals surface area contributed by atoms with Gasteiger partial charge in [-0.15, -0.1) is 0 Å². The van der Waals surface area contributed by atoms with E-state index in [0.29, 0.717) is 18.1 Å². The van der Waals surface area contributed by atoms with Crippen LogP contribution in [0.1, 0.15) is 19.8 Å². The molecule has 0 amide bonds. The zero-order valence-electron chi connectivity index (χ0n) is 14.3. The Morgan fingerprint density at radius 2 is 1.96 bits per heavy atom. The summed E-state index contributed by atoms with van der Waals surface area (Å²) in [6.07, 6.45) is 4.28. The van der Waals surface area contributed by atoms with Gasteiger partial charge in [0.25, 0.3) is 0 Å². The third-order valence-electron chi connectivity index (χ3n) is 5.56. The van der Waals surface area contributed by atoms with Crippen LogP contribution in [0, 0.1) is 3.57 Å². The first-order valence-corrected chi connectivity index (χ1v) is 10.0. The fraction of sp³-hybridized carbons (Fsp3) is 0.647. The van der Waals surface area contributed by atoms with Crippen molar-refractivity contribution < 1.29 is 9.47 Å². The molecule has 3 atom stereocenters. The van der Waals surface area contributed by atoms with Crippen LogP contribution in [0.15, 0.2) is 12.3 Å². The quantitative estimate of drug-likeness (QED) is 0.646. The van der Waals surface area contributed by atoms with Crippen LogP contribution in [0.25, 0.3) is 5.65 Å². The number of fused-ring (bicyclic) bond motifs is 3. The first kappa shape index (κ1) is 16.1. The summed E-state index contributed by atoms with van der Waals surface area (Å²) < 4.78 is 14.4. The van der Waals surface area contributed by atoms with Crippen molar-refractivity contribution in [1.82, 2.24) is 14.6 Å². The maximum atomic E-state index is 5.75. The molecule has 25 heavy (non-hydrogen) atoms. The molecule has 3 fully saturated rings. The van der Waals surface area contributed by atoms with Gasteiger partial charge in [0.15, 0.2) is 5.65 Å². The van der Waals surface area contributed by atoms with E-state index in [4.69, 9.17) is 14.5 Å². The third-order valence-corrected chi connectivity index (χ3v) is 6.32. The normalized spacial score (nSPS) is 29.6. The minimum Gasteiger partial charge on any atom is -0.377 e. The zero-order valence-corrected chi connectivity index (χ0v) is 16.4. The van der Waals surface area contributed by atoms with E-state index in [-0.39, 0.29) is 0 Å². The van der Waals surface area contributed by atoms with Gasteiger partial charge in [-0.25, -0.2) is 4.98 Å². The number of ether oxygens (including phenoxy) is 2. The molecule has 2 aromatic rings. The second-order valence-electron chi connectivity index (χ2n) is 7.15. The molecule has 134 valence electrons. The van der Waals surface area contributed by atoms with E-state index in [9.17, 15) is 0 Å². The molecular formula is C17H22IN5O2. The van der Waals surface area contributed by atoms with E-state index in [1.165, 1.54) is 12.8 Å². The number of hydrogen-bond acceptors (Lipinski definition) is 6. The lowest BCUT2D eigenvalue weighted by Gasteiger charge is -2.38. The highest BCUT2D eigenvalue weighted by Crippen LogP contribution is 2.35. The third kappa shape index (κ3) is 2.60. The molecule has 2 bridgehead atoms.